The third-order valence-electron chi connectivity index (χ3n) is 2.63. The Morgan fingerprint density at radius 2 is 2.05 bits per heavy atom. The SMILES string of the molecule is C=CCn1c(C)nnc1SCC=Cc1ccccc1. The maximum atomic E-state index is 4.17. The van der Waals surface area contributed by atoms with Crippen LogP contribution in [0.1, 0.15) is 11.4 Å². The number of allylic oxidation sites excluding steroid dienone is 1. The Balaban J connectivity index is 1.92. The van der Waals surface area contributed by atoms with Gasteiger partial charge in [-0.3, -0.25) is 0 Å². The Kier molecular flexibility index (Phi) is 4.98. The summed E-state index contributed by atoms with van der Waals surface area (Å²) in [5.74, 6) is 1.80. The summed E-state index contributed by atoms with van der Waals surface area (Å²) >= 11 is 1.68. The fraction of sp³-hybridized carbons (Fsp3) is 0.200. The number of thioether (sulfide) groups is 1. The van der Waals surface area contributed by atoms with Gasteiger partial charge in [-0.25, -0.2) is 0 Å². The fourth-order valence-corrected chi connectivity index (χ4v) is 2.48. The Labute approximate surface area is 118 Å². The summed E-state index contributed by atoms with van der Waals surface area (Å²) in [6, 6.07) is 10.3. The molecule has 0 saturated carbocycles. The van der Waals surface area contributed by atoms with Gasteiger partial charge in [-0.2, -0.15) is 0 Å². The van der Waals surface area contributed by atoms with E-state index in [4.69, 9.17) is 0 Å². The quantitative estimate of drug-likeness (QED) is 0.594. The molecular weight excluding hydrogens is 254 g/mol. The first-order chi connectivity index (χ1) is 9.31. The minimum Gasteiger partial charge on any atom is -0.302 e. The van der Waals surface area contributed by atoms with Crippen molar-refractivity contribution in [1.29, 1.82) is 0 Å². The number of benzene rings is 1. The predicted molar refractivity (Wildman–Crippen MR) is 81.2 cm³/mol. The lowest BCUT2D eigenvalue weighted by Crippen LogP contribution is -1.99. The van der Waals surface area contributed by atoms with Gasteiger partial charge in [-0.1, -0.05) is 60.3 Å². The number of rotatable bonds is 6. The molecule has 0 amide bonds. The zero-order valence-corrected chi connectivity index (χ0v) is 11.8. The molecule has 1 heterocycles. The van der Waals surface area contributed by atoms with Crippen LogP contribution in [0.5, 0.6) is 0 Å². The standard InChI is InChI=1S/C15H17N3S/c1-3-11-18-13(2)16-17-15(18)19-12-7-10-14-8-5-4-6-9-14/h3-10H,1,11-12H2,2H3. The van der Waals surface area contributed by atoms with Crippen LogP contribution in [0.15, 0.2) is 54.2 Å². The highest BCUT2D eigenvalue weighted by Crippen LogP contribution is 2.17. The van der Waals surface area contributed by atoms with Gasteiger partial charge in [0.1, 0.15) is 5.82 Å². The second-order valence-corrected chi connectivity index (χ2v) is 5.04. The predicted octanol–water partition coefficient (Wildman–Crippen LogP) is 3.58. The Morgan fingerprint density at radius 1 is 1.26 bits per heavy atom. The van der Waals surface area contributed by atoms with Crippen molar-refractivity contribution in [1.82, 2.24) is 14.8 Å². The van der Waals surface area contributed by atoms with Crippen molar-refractivity contribution in [2.75, 3.05) is 5.75 Å². The lowest BCUT2D eigenvalue weighted by Gasteiger charge is -2.03. The monoisotopic (exact) mass is 271 g/mol. The Bertz CT molecular complexity index is 558. The fourth-order valence-electron chi connectivity index (χ4n) is 1.68. The summed E-state index contributed by atoms with van der Waals surface area (Å²) in [6.45, 7) is 6.47. The van der Waals surface area contributed by atoms with Gasteiger partial charge < -0.3 is 4.57 Å². The number of hydrogen-bond donors (Lipinski definition) is 0. The molecule has 0 spiro atoms. The van der Waals surface area contributed by atoms with Gasteiger partial charge >= 0.3 is 0 Å². The van der Waals surface area contributed by atoms with Crippen molar-refractivity contribution in [2.24, 2.45) is 0 Å². The van der Waals surface area contributed by atoms with E-state index in [9.17, 15) is 0 Å². The first-order valence-electron chi connectivity index (χ1n) is 6.16. The molecule has 19 heavy (non-hydrogen) atoms. The van der Waals surface area contributed by atoms with E-state index in [-0.39, 0.29) is 0 Å². The highest BCUT2D eigenvalue weighted by molar-refractivity contribution is 7.99. The molecule has 0 N–H and O–H groups in total. The number of nitrogens with zero attached hydrogens (tertiary/aromatic N) is 3. The van der Waals surface area contributed by atoms with Crippen LogP contribution in [0, 0.1) is 6.92 Å². The first kappa shape index (κ1) is 13.6. The molecule has 0 fully saturated rings. The first-order valence-corrected chi connectivity index (χ1v) is 7.15. The molecule has 0 saturated heterocycles. The van der Waals surface area contributed by atoms with Crippen molar-refractivity contribution in [3.05, 3.63) is 60.5 Å². The van der Waals surface area contributed by atoms with E-state index in [0.29, 0.717) is 0 Å². The van der Waals surface area contributed by atoms with E-state index < -0.39 is 0 Å². The molecule has 0 aliphatic rings. The van der Waals surface area contributed by atoms with Crippen molar-refractivity contribution in [2.45, 2.75) is 18.6 Å². The molecule has 0 radical (unpaired) electrons. The van der Waals surface area contributed by atoms with E-state index >= 15 is 0 Å². The zero-order chi connectivity index (χ0) is 13.5. The second kappa shape index (κ2) is 6.95. The molecule has 0 aliphatic heterocycles. The summed E-state index contributed by atoms with van der Waals surface area (Å²) in [5.41, 5.74) is 1.21. The third-order valence-corrected chi connectivity index (χ3v) is 3.55. The van der Waals surface area contributed by atoms with E-state index in [1.165, 1.54) is 5.56 Å². The molecule has 0 bridgehead atoms. The Morgan fingerprint density at radius 3 is 2.79 bits per heavy atom. The van der Waals surface area contributed by atoms with Gasteiger partial charge in [0.15, 0.2) is 5.16 Å². The zero-order valence-electron chi connectivity index (χ0n) is 11.0. The van der Waals surface area contributed by atoms with E-state index in [1.54, 1.807) is 11.8 Å². The van der Waals surface area contributed by atoms with Gasteiger partial charge in [0.2, 0.25) is 0 Å². The topological polar surface area (TPSA) is 30.7 Å². The van der Waals surface area contributed by atoms with Gasteiger partial charge in [0.05, 0.1) is 0 Å². The largest absolute Gasteiger partial charge is 0.302 e. The summed E-state index contributed by atoms with van der Waals surface area (Å²) in [5, 5.41) is 9.21. The molecule has 3 nitrogen and oxygen atoms in total. The van der Waals surface area contributed by atoms with Gasteiger partial charge in [-0.05, 0) is 12.5 Å². The molecule has 2 aromatic rings. The lowest BCUT2D eigenvalue weighted by molar-refractivity contribution is 0.704. The van der Waals surface area contributed by atoms with Gasteiger partial charge in [0, 0.05) is 12.3 Å². The summed E-state index contributed by atoms with van der Waals surface area (Å²) in [4.78, 5) is 0. The number of aryl methyl sites for hydroxylation is 1. The van der Waals surface area contributed by atoms with Crippen LogP contribution in [0.25, 0.3) is 6.08 Å². The van der Waals surface area contributed by atoms with Gasteiger partial charge in [0.25, 0.3) is 0 Å². The molecule has 4 heteroatoms. The Hall–Kier alpha value is -1.81. The maximum absolute atomic E-state index is 4.17. The van der Waals surface area contributed by atoms with E-state index in [0.717, 1.165) is 23.3 Å². The third kappa shape index (κ3) is 3.83. The smallest absolute Gasteiger partial charge is 0.191 e. The summed E-state index contributed by atoms with van der Waals surface area (Å²) < 4.78 is 2.06. The molecule has 0 unspecified atom stereocenters. The molecule has 98 valence electrons. The van der Waals surface area contributed by atoms with Crippen molar-refractivity contribution in [3.8, 4) is 0 Å². The van der Waals surface area contributed by atoms with E-state index in [2.05, 4.69) is 45.6 Å². The van der Waals surface area contributed by atoms with Crippen LogP contribution >= 0.6 is 11.8 Å². The highest BCUT2D eigenvalue weighted by atomic mass is 32.2. The summed E-state index contributed by atoms with van der Waals surface area (Å²) in [6.07, 6.45) is 6.12. The van der Waals surface area contributed by atoms with Crippen LogP contribution in [-0.2, 0) is 6.54 Å². The van der Waals surface area contributed by atoms with Crippen molar-refractivity contribution < 1.29 is 0 Å². The van der Waals surface area contributed by atoms with Crippen molar-refractivity contribution >= 4 is 17.8 Å². The molecule has 2 rings (SSSR count). The maximum Gasteiger partial charge on any atom is 0.191 e. The minimum atomic E-state index is 0.754. The average Bonchev–Trinajstić information content (AvgIpc) is 2.78. The van der Waals surface area contributed by atoms with Crippen LogP contribution in [0.2, 0.25) is 0 Å². The van der Waals surface area contributed by atoms with E-state index in [1.807, 2.05) is 31.2 Å². The molecule has 0 aliphatic carbocycles. The molecule has 1 aromatic carbocycles. The number of aromatic nitrogens is 3. The van der Waals surface area contributed by atoms with Crippen LogP contribution in [-0.4, -0.2) is 20.5 Å². The molecule has 0 atom stereocenters. The second-order valence-electron chi connectivity index (χ2n) is 4.05. The minimum absolute atomic E-state index is 0.754. The number of hydrogen-bond acceptors (Lipinski definition) is 3. The van der Waals surface area contributed by atoms with Crippen LogP contribution in [0.3, 0.4) is 0 Å². The molecule has 1 aromatic heterocycles. The van der Waals surface area contributed by atoms with Gasteiger partial charge in [-0.15, -0.1) is 16.8 Å². The molecular formula is C15H17N3S. The van der Waals surface area contributed by atoms with Crippen molar-refractivity contribution in [3.63, 3.8) is 0 Å². The summed E-state index contributed by atoms with van der Waals surface area (Å²) in [7, 11) is 0. The normalized spacial score (nSPS) is 11.0. The van der Waals surface area contributed by atoms with Crippen LogP contribution < -0.4 is 0 Å². The highest BCUT2D eigenvalue weighted by Gasteiger charge is 2.06. The average molecular weight is 271 g/mol. The lowest BCUT2D eigenvalue weighted by atomic mass is 10.2. The van der Waals surface area contributed by atoms with Crippen LogP contribution in [0.4, 0.5) is 0 Å².